The third-order valence-corrected chi connectivity index (χ3v) is 2.00. The molecule has 2 atom stereocenters. The normalized spacial score (nSPS) is 27.5. The number of hydrogen-bond donors (Lipinski definition) is 0. The van der Waals surface area contributed by atoms with Crippen LogP contribution in [0.15, 0.2) is 42.5 Å². The molecule has 2 nitrogen and oxygen atoms in total. The molecule has 2 heteroatoms. The van der Waals surface area contributed by atoms with Crippen molar-refractivity contribution in [2.45, 2.75) is 19.1 Å². The molecule has 1 aromatic rings. The van der Waals surface area contributed by atoms with Crippen molar-refractivity contribution >= 4 is 0 Å². The molecule has 0 N–H and O–H groups in total. The lowest BCUT2D eigenvalue weighted by atomic mass is 10.1. The van der Waals surface area contributed by atoms with Crippen molar-refractivity contribution in [3.05, 3.63) is 48.0 Å². The highest BCUT2D eigenvalue weighted by atomic mass is 17.2. The fourth-order valence-corrected chi connectivity index (χ4v) is 1.28. The second-order valence-corrected chi connectivity index (χ2v) is 3.11. The summed E-state index contributed by atoms with van der Waals surface area (Å²) in [5.41, 5.74) is 1.12. The molecule has 0 bridgehead atoms. The molecule has 0 fully saturated rings. The van der Waals surface area contributed by atoms with E-state index in [1.165, 1.54) is 0 Å². The van der Waals surface area contributed by atoms with Crippen LogP contribution in [0.2, 0.25) is 0 Å². The molecule has 0 unspecified atom stereocenters. The monoisotopic (exact) mass is 176 g/mol. The van der Waals surface area contributed by atoms with Gasteiger partial charge in [-0.2, -0.15) is 0 Å². The van der Waals surface area contributed by atoms with Gasteiger partial charge in [-0.15, -0.1) is 0 Å². The smallest absolute Gasteiger partial charge is 0.136 e. The predicted octanol–water partition coefficient (Wildman–Crippen LogP) is 2.63. The molecule has 0 radical (unpaired) electrons. The van der Waals surface area contributed by atoms with Gasteiger partial charge in [0.2, 0.25) is 0 Å². The van der Waals surface area contributed by atoms with Crippen LogP contribution >= 0.6 is 0 Å². The molecule has 0 amide bonds. The van der Waals surface area contributed by atoms with Crippen molar-refractivity contribution < 1.29 is 9.78 Å². The molecule has 1 aliphatic heterocycles. The zero-order valence-corrected chi connectivity index (χ0v) is 7.51. The van der Waals surface area contributed by atoms with Gasteiger partial charge in [0.15, 0.2) is 0 Å². The summed E-state index contributed by atoms with van der Waals surface area (Å²) >= 11 is 0. The summed E-state index contributed by atoms with van der Waals surface area (Å²) in [6, 6.07) is 10.0. The molecule has 13 heavy (non-hydrogen) atoms. The van der Waals surface area contributed by atoms with E-state index in [0.29, 0.717) is 0 Å². The molecule has 0 aromatic heterocycles. The summed E-state index contributed by atoms with van der Waals surface area (Å²) in [4.78, 5) is 10.2. The molecule has 1 aromatic carbocycles. The zero-order chi connectivity index (χ0) is 9.10. The summed E-state index contributed by atoms with van der Waals surface area (Å²) in [6.07, 6.45) is 4.02. The van der Waals surface area contributed by atoms with Crippen LogP contribution in [-0.2, 0) is 9.78 Å². The van der Waals surface area contributed by atoms with Gasteiger partial charge < -0.3 is 0 Å². The van der Waals surface area contributed by atoms with Crippen LogP contribution in [0.1, 0.15) is 18.6 Å². The van der Waals surface area contributed by atoms with Crippen LogP contribution in [0.25, 0.3) is 0 Å². The van der Waals surface area contributed by atoms with E-state index in [4.69, 9.17) is 9.78 Å². The lowest BCUT2D eigenvalue weighted by Gasteiger charge is -2.20. The van der Waals surface area contributed by atoms with E-state index < -0.39 is 0 Å². The SMILES string of the molecule is C[C@@H]1C=C[C@H](c2ccccc2)OO1. The first-order valence-corrected chi connectivity index (χ1v) is 4.41. The summed E-state index contributed by atoms with van der Waals surface area (Å²) in [5, 5.41) is 0. The van der Waals surface area contributed by atoms with Crippen LogP contribution in [0.4, 0.5) is 0 Å². The fraction of sp³-hybridized carbons (Fsp3) is 0.273. The highest BCUT2D eigenvalue weighted by Gasteiger charge is 2.15. The Morgan fingerprint density at radius 3 is 2.38 bits per heavy atom. The largest absolute Gasteiger partial charge is 0.229 e. The van der Waals surface area contributed by atoms with Crippen LogP contribution < -0.4 is 0 Å². The molecular weight excluding hydrogens is 164 g/mol. The maximum Gasteiger partial charge on any atom is 0.136 e. The Kier molecular flexibility index (Phi) is 2.43. The molecule has 2 rings (SSSR count). The topological polar surface area (TPSA) is 18.5 Å². The van der Waals surface area contributed by atoms with Gasteiger partial charge in [0.1, 0.15) is 12.2 Å². The van der Waals surface area contributed by atoms with E-state index in [2.05, 4.69) is 0 Å². The van der Waals surface area contributed by atoms with Crippen molar-refractivity contribution in [2.24, 2.45) is 0 Å². The highest BCUT2D eigenvalue weighted by Crippen LogP contribution is 2.23. The average molecular weight is 176 g/mol. The molecule has 1 heterocycles. The molecule has 0 spiro atoms. The summed E-state index contributed by atoms with van der Waals surface area (Å²) in [7, 11) is 0. The first-order valence-electron chi connectivity index (χ1n) is 4.41. The molecular formula is C11H12O2. The van der Waals surface area contributed by atoms with Crippen molar-refractivity contribution in [1.29, 1.82) is 0 Å². The van der Waals surface area contributed by atoms with Gasteiger partial charge >= 0.3 is 0 Å². The highest BCUT2D eigenvalue weighted by molar-refractivity contribution is 5.21. The van der Waals surface area contributed by atoms with E-state index in [0.717, 1.165) is 5.56 Å². The minimum absolute atomic E-state index is 0.0555. The maximum atomic E-state index is 5.19. The number of benzene rings is 1. The fourth-order valence-electron chi connectivity index (χ4n) is 1.28. The van der Waals surface area contributed by atoms with Crippen molar-refractivity contribution in [3.8, 4) is 0 Å². The van der Waals surface area contributed by atoms with E-state index >= 15 is 0 Å². The quantitative estimate of drug-likeness (QED) is 0.483. The van der Waals surface area contributed by atoms with Gasteiger partial charge in [-0.3, -0.25) is 0 Å². The zero-order valence-electron chi connectivity index (χ0n) is 7.51. The minimum atomic E-state index is -0.0580. The first kappa shape index (κ1) is 8.48. The van der Waals surface area contributed by atoms with E-state index in [9.17, 15) is 0 Å². The first-order chi connectivity index (χ1) is 6.36. The van der Waals surface area contributed by atoms with Crippen LogP contribution in [0.5, 0.6) is 0 Å². The minimum Gasteiger partial charge on any atom is -0.229 e. The Morgan fingerprint density at radius 2 is 1.77 bits per heavy atom. The van der Waals surface area contributed by atoms with Crippen LogP contribution in [0, 0.1) is 0 Å². The second kappa shape index (κ2) is 3.73. The molecule has 0 aliphatic carbocycles. The third kappa shape index (κ3) is 1.97. The summed E-state index contributed by atoms with van der Waals surface area (Å²) < 4.78 is 0. The average Bonchev–Trinajstić information content (AvgIpc) is 2.20. The second-order valence-electron chi connectivity index (χ2n) is 3.11. The van der Waals surface area contributed by atoms with Gasteiger partial charge in [0.25, 0.3) is 0 Å². The Balaban J connectivity index is 2.15. The molecule has 0 saturated heterocycles. The Hall–Kier alpha value is -1.12. The number of rotatable bonds is 1. The van der Waals surface area contributed by atoms with Crippen molar-refractivity contribution in [2.75, 3.05) is 0 Å². The van der Waals surface area contributed by atoms with Crippen molar-refractivity contribution in [1.82, 2.24) is 0 Å². The Bertz CT molecular complexity index is 292. The van der Waals surface area contributed by atoms with Gasteiger partial charge in [-0.05, 0) is 18.6 Å². The van der Waals surface area contributed by atoms with Crippen molar-refractivity contribution in [3.63, 3.8) is 0 Å². The Labute approximate surface area is 77.7 Å². The van der Waals surface area contributed by atoms with E-state index in [-0.39, 0.29) is 12.2 Å². The molecule has 1 aliphatic rings. The summed E-state index contributed by atoms with van der Waals surface area (Å²) in [5.74, 6) is 0. The van der Waals surface area contributed by atoms with Gasteiger partial charge in [-0.25, -0.2) is 9.78 Å². The van der Waals surface area contributed by atoms with E-state index in [1.807, 2.05) is 49.4 Å². The lowest BCUT2D eigenvalue weighted by molar-refractivity contribution is -0.339. The van der Waals surface area contributed by atoms with Crippen LogP contribution in [0.3, 0.4) is 0 Å². The van der Waals surface area contributed by atoms with Gasteiger partial charge in [-0.1, -0.05) is 36.4 Å². The molecule has 68 valence electrons. The van der Waals surface area contributed by atoms with E-state index in [1.54, 1.807) is 0 Å². The predicted molar refractivity (Wildman–Crippen MR) is 50.0 cm³/mol. The molecule has 0 saturated carbocycles. The number of hydrogen-bond acceptors (Lipinski definition) is 2. The van der Waals surface area contributed by atoms with Gasteiger partial charge in [0.05, 0.1) is 0 Å². The lowest BCUT2D eigenvalue weighted by Crippen LogP contribution is -2.14. The van der Waals surface area contributed by atoms with Gasteiger partial charge in [0, 0.05) is 0 Å². The maximum absolute atomic E-state index is 5.19. The Morgan fingerprint density at radius 1 is 1.00 bits per heavy atom. The third-order valence-electron chi connectivity index (χ3n) is 2.00. The standard InChI is InChI=1S/C11H12O2/c1-9-7-8-11(13-12-9)10-5-3-2-4-6-10/h2-9,11H,1H3/t9-,11-/m1/s1. The van der Waals surface area contributed by atoms with Crippen LogP contribution in [-0.4, -0.2) is 6.10 Å². The summed E-state index contributed by atoms with van der Waals surface area (Å²) in [6.45, 7) is 1.94.